The number of halogens is 1. The summed E-state index contributed by atoms with van der Waals surface area (Å²) in [6.07, 6.45) is 1.22. The molecule has 0 bridgehead atoms. The first-order valence-electron chi connectivity index (χ1n) is 9.90. The number of hydrogen-bond acceptors (Lipinski definition) is 7. The van der Waals surface area contributed by atoms with Crippen molar-refractivity contribution in [3.63, 3.8) is 0 Å². The minimum Gasteiger partial charge on any atom is -0.493 e. The molecule has 5 rings (SSSR count). The number of carboxylic acid groups (broad SMARTS) is 1. The molecule has 5 heterocycles. The summed E-state index contributed by atoms with van der Waals surface area (Å²) in [6.45, 7) is 1.91. The van der Waals surface area contributed by atoms with Gasteiger partial charge in [0.1, 0.15) is 11.9 Å². The zero-order chi connectivity index (χ0) is 22.6. The van der Waals surface area contributed by atoms with Crippen LogP contribution in [0.25, 0.3) is 22.0 Å². The Balaban J connectivity index is 1.54. The summed E-state index contributed by atoms with van der Waals surface area (Å²) in [5, 5.41) is 13.6. The summed E-state index contributed by atoms with van der Waals surface area (Å²) >= 11 is 1.23. The third-order valence-corrected chi connectivity index (χ3v) is 6.67. The van der Waals surface area contributed by atoms with E-state index < -0.39 is 18.2 Å². The van der Waals surface area contributed by atoms with Crippen LogP contribution in [0.1, 0.15) is 22.9 Å². The normalized spacial score (nSPS) is 19.0. The van der Waals surface area contributed by atoms with Crippen LogP contribution < -0.4 is 10.3 Å². The topological polar surface area (TPSA) is 114 Å². The molecule has 1 saturated heterocycles. The van der Waals surface area contributed by atoms with Crippen molar-refractivity contribution in [1.82, 2.24) is 28.9 Å². The predicted molar refractivity (Wildman–Crippen MR) is 114 cm³/mol. The molecule has 1 amide bonds. The molecule has 4 aromatic heterocycles. The number of alkyl halides is 1. The summed E-state index contributed by atoms with van der Waals surface area (Å²) in [7, 11) is 1.53. The largest absolute Gasteiger partial charge is 0.493 e. The average Bonchev–Trinajstić information content (AvgIpc) is 3.35. The molecule has 12 heteroatoms. The molecule has 10 nitrogen and oxygen atoms in total. The number of hydrogen-bond donors (Lipinski definition) is 1. The van der Waals surface area contributed by atoms with Crippen molar-refractivity contribution >= 4 is 28.0 Å². The highest BCUT2D eigenvalue weighted by Gasteiger charge is 2.34. The first kappa shape index (κ1) is 20.4. The van der Waals surface area contributed by atoms with E-state index in [2.05, 4.69) is 15.1 Å². The fourth-order valence-electron chi connectivity index (χ4n) is 3.96. The fourth-order valence-corrected chi connectivity index (χ4v) is 5.13. The first-order chi connectivity index (χ1) is 15.3. The number of carbonyl (C=O) groups is 1. The van der Waals surface area contributed by atoms with Crippen LogP contribution in [0.2, 0.25) is 0 Å². The number of imidazole rings is 1. The van der Waals surface area contributed by atoms with Gasteiger partial charge in [0, 0.05) is 35.7 Å². The van der Waals surface area contributed by atoms with Crippen LogP contribution in [0.5, 0.6) is 5.75 Å². The lowest BCUT2D eigenvalue weighted by atomic mass is 9.94. The van der Waals surface area contributed by atoms with Gasteiger partial charge in [-0.2, -0.15) is 5.10 Å². The molecule has 0 aromatic carbocycles. The number of nitrogens with zero attached hydrogens (tertiary/aromatic N) is 6. The molecule has 0 aliphatic carbocycles. The lowest BCUT2D eigenvalue weighted by molar-refractivity contribution is 0.0969. The zero-order valence-electron chi connectivity index (χ0n) is 17.2. The van der Waals surface area contributed by atoms with Gasteiger partial charge >= 0.3 is 6.09 Å². The second kappa shape index (κ2) is 7.55. The highest BCUT2D eigenvalue weighted by molar-refractivity contribution is 7.17. The Kier molecular flexibility index (Phi) is 4.81. The van der Waals surface area contributed by atoms with Crippen molar-refractivity contribution in [3.05, 3.63) is 45.5 Å². The van der Waals surface area contributed by atoms with Gasteiger partial charge in [-0.15, -0.1) is 11.3 Å². The number of aryl methyl sites for hydroxylation is 1. The molecule has 1 N–H and O–H groups in total. The standard InChI is InChI=1S/C20H19FN6O4S/c1-10-7-27-18(22-10)15(31-2)5-14(24-27)13-6-17(28)26-9-16(32-19(26)23-13)11-3-4-25(20(29)30)8-12(11)21/h5-7,9,11-12H,3-4,8H2,1-2H3,(H,29,30)/t11-,12-/m0/s1. The Hall–Kier alpha value is -3.54. The fraction of sp³-hybridized carbons (Fsp3) is 0.350. The van der Waals surface area contributed by atoms with Gasteiger partial charge in [0.2, 0.25) is 0 Å². The van der Waals surface area contributed by atoms with E-state index in [1.54, 1.807) is 23.0 Å². The Morgan fingerprint density at radius 2 is 2.09 bits per heavy atom. The average molecular weight is 458 g/mol. The Morgan fingerprint density at radius 3 is 2.81 bits per heavy atom. The van der Waals surface area contributed by atoms with Gasteiger partial charge in [-0.25, -0.2) is 23.7 Å². The lowest BCUT2D eigenvalue weighted by Gasteiger charge is -2.32. The molecule has 1 aliphatic rings. The molecule has 0 unspecified atom stereocenters. The third-order valence-electron chi connectivity index (χ3n) is 5.56. The maximum atomic E-state index is 14.7. The molecular weight excluding hydrogens is 439 g/mol. The molecule has 32 heavy (non-hydrogen) atoms. The maximum Gasteiger partial charge on any atom is 0.407 e. The van der Waals surface area contributed by atoms with Gasteiger partial charge in [0.05, 0.1) is 31.2 Å². The van der Waals surface area contributed by atoms with Crippen LogP contribution in [0.15, 0.2) is 29.3 Å². The van der Waals surface area contributed by atoms with Crippen LogP contribution in [-0.2, 0) is 0 Å². The van der Waals surface area contributed by atoms with Crippen molar-refractivity contribution < 1.29 is 19.0 Å². The molecule has 0 spiro atoms. The van der Waals surface area contributed by atoms with Crippen molar-refractivity contribution in [2.24, 2.45) is 0 Å². The summed E-state index contributed by atoms with van der Waals surface area (Å²) in [5.41, 5.74) is 1.83. The molecule has 166 valence electrons. The van der Waals surface area contributed by atoms with E-state index in [4.69, 9.17) is 9.84 Å². The van der Waals surface area contributed by atoms with Crippen LogP contribution in [0, 0.1) is 6.92 Å². The van der Waals surface area contributed by atoms with Crippen LogP contribution in [0.3, 0.4) is 0 Å². The summed E-state index contributed by atoms with van der Waals surface area (Å²) in [4.78, 5) is 35.0. The number of fused-ring (bicyclic) bond motifs is 2. The van der Waals surface area contributed by atoms with Crippen LogP contribution >= 0.6 is 11.3 Å². The minimum absolute atomic E-state index is 0.185. The van der Waals surface area contributed by atoms with E-state index in [1.165, 1.54) is 28.9 Å². The van der Waals surface area contributed by atoms with Crippen molar-refractivity contribution in [2.45, 2.75) is 25.4 Å². The Morgan fingerprint density at radius 1 is 1.28 bits per heavy atom. The third kappa shape index (κ3) is 3.36. The van der Waals surface area contributed by atoms with Crippen molar-refractivity contribution in [2.75, 3.05) is 20.2 Å². The van der Waals surface area contributed by atoms with Gasteiger partial charge in [0.15, 0.2) is 16.4 Å². The second-order valence-corrected chi connectivity index (χ2v) is 8.69. The van der Waals surface area contributed by atoms with Crippen LogP contribution in [-0.4, -0.2) is 66.5 Å². The number of rotatable bonds is 3. The van der Waals surface area contributed by atoms with Gasteiger partial charge in [-0.3, -0.25) is 9.20 Å². The molecular formula is C20H19FN6O4S. The number of aromatic nitrogens is 5. The van der Waals surface area contributed by atoms with Gasteiger partial charge in [-0.05, 0) is 13.3 Å². The molecule has 1 aliphatic heterocycles. The van der Waals surface area contributed by atoms with E-state index in [9.17, 15) is 14.0 Å². The number of methoxy groups -OCH3 is 1. The predicted octanol–water partition coefficient (Wildman–Crippen LogP) is 2.59. The summed E-state index contributed by atoms with van der Waals surface area (Å²) in [6, 6.07) is 3.05. The number of piperidine rings is 1. The van der Waals surface area contributed by atoms with Gasteiger partial charge in [-0.1, -0.05) is 0 Å². The first-order valence-corrected chi connectivity index (χ1v) is 10.7. The lowest BCUT2D eigenvalue weighted by Crippen LogP contribution is -2.43. The number of amides is 1. The second-order valence-electron chi connectivity index (χ2n) is 7.65. The molecule has 0 radical (unpaired) electrons. The van der Waals surface area contributed by atoms with E-state index in [1.807, 2.05) is 6.92 Å². The summed E-state index contributed by atoms with van der Waals surface area (Å²) in [5.74, 6) is 0.0195. The quantitative estimate of drug-likeness (QED) is 0.502. The van der Waals surface area contributed by atoms with Crippen molar-refractivity contribution in [3.8, 4) is 17.1 Å². The number of likely N-dealkylation sites (tertiary alicyclic amines) is 1. The van der Waals surface area contributed by atoms with Crippen molar-refractivity contribution in [1.29, 1.82) is 0 Å². The minimum atomic E-state index is -1.35. The highest BCUT2D eigenvalue weighted by atomic mass is 32.1. The van der Waals surface area contributed by atoms with E-state index in [0.29, 0.717) is 39.0 Å². The number of thiazole rings is 1. The Labute approximate surface area is 184 Å². The van der Waals surface area contributed by atoms with Gasteiger partial charge in [0.25, 0.3) is 5.56 Å². The monoisotopic (exact) mass is 458 g/mol. The highest BCUT2D eigenvalue weighted by Crippen LogP contribution is 2.35. The molecule has 1 fully saturated rings. The van der Waals surface area contributed by atoms with Gasteiger partial charge < -0.3 is 14.7 Å². The molecule has 2 atom stereocenters. The SMILES string of the molecule is COc1cc(-c2cc(=O)n3cc([C@H]4CCN(C(=O)O)C[C@@H]4F)sc3n2)nn2cc(C)nc12. The number of ether oxygens (including phenoxy) is 1. The maximum absolute atomic E-state index is 14.7. The van der Waals surface area contributed by atoms with E-state index in [0.717, 1.165) is 10.6 Å². The molecule has 4 aromatic rings. The zero-order valence-corrected chi connectivity index (χ0v) is 18.0. The van der Waals surface area contributed by atoms with Crippen LogP contribution in [0.4, 0.5) is 9.18 Å². The molecule has 0 saturated carbocycles. The van der Waals surface area contributed by atoms with E-state index in [-0.39, 0.29) is 18.6 Å². The smallest absolute Gasteiger partial charge is 0.407 e. The summed E-state index contributed by atoms with van der Waals surface area (Å²) < 4.78 is 23.1. The Bertz CT molecular complexity index is 1410. The van der Waals surface area contributed by atoms with E-state index >= 15 is 0 Å².